The van der Waals surface area contributed by atoms with E-state index in [-0.39, 0.29) is 25.5 Å². The molecule has 0 unspecified atom stereocenters. The van der Waals surface area contributed by atoms with Crippen LogP contribution in [0.15, 0.2) is 138 Å². The molecule has 4 aromatic heterocycles. The van der Waals surface area contributed by atoms with Crippen molar-refractivity contribution in [3.8, 4) is 39.5 Å². The fraction of sp³-hybridized carbons (Fsp3) is 0.226. The Labute approximate surface area is 369 Å². The predicted molar refractivity (Wildman–Crippen MR) is 249 cm³/mol. The molecule has 0 N–H and O–H groups in total. The van der Waals surface area contributed by atoms with E-state index in [0.29, 0.717) is 5.92 Å². The zero-order chi connectivity index (χ0) is 41.5. The molecule has 60 heavy (non-hydrogen) atoms. The molecule has 5 nitrogen and oxygen atoms in total. The Morgan fingerprint density at radius 3 is 2.25 bits per heavy atom. The van der Waals surface area contributed by atoms with Crippen molar-refractivity contribution < 1.29 is 24.5 Å². The van der Waals surface area contributed by atoms with Crippen molar-refractivity contribution in [2.24, 2.45) is 5.92 Å². The van der Waals surface area contributed by atoms with Gasteiger partial charge in [-0.2, -0.15) is 0 Å². The van der Waals surface area contributed by atoms with E-state index < -0.39 is 8.07 Å². The maximum Gasteiger partial charge on any atom is 0.121 e. The summed E-state index contributed by atoms with van der Waals surface area (Å²) >= 11 is 0. The van der Waals surface area contributed by atoms with E-state index in [4.69, 9.17) is 9.40 Å². The molecule has 0 atom stereocenters. The van der Waals surface area contributed by atoms with Gasteiger partial charge in [0.05, 0.1) is 30.5 Å². The molecule has 9 aromatic rings. The fourth-order valence-electron chi connectivity index (χ4n) is 7.96. The Morgan fingerprint density at radius 1 is 0.783 bits per heavy atom. The predicted octanol–water partition coefficient (Wildman–Crippen LogP) is 13.3. The minimum atomic E-state index is -1.34. The number of benzene rings is 5. The molecule has 0 saturated heterocycles. The Kier molecular flexibility index (Phi) is 12.3. The number of aryl methyl sites for hydroxylation is 1. The van der Waals surface area contributed by atoms with Crippen LogP contribution in [0.25, 0.3) is 72.4 Å². The van der Waals surface area contributed by atoms with Crippen molar-refractivity contribution in [2.75, 3.05) is 0 Å². The van der Waals surface area contributed by atoms with Crippen LogP contribution in [-0.2, 0) is 31.9 Å². The number of furan rings is 1. The van der Waals surface area contributed by atoms with E-state index in [1.807, 2.05) is 30.5 Å². The quantitative estimate of drug-likeness (QED) is 0.118. The molecular weight excluding hydrogens is 929 g/mol. The first kappa shape index (κ1) is 42.7. The molecule has 9 rings (SSSR count). The maximum atomic E-state index is 6.46. The number of nitrogens with zero attached hydrogens (tertiary/aromatic N) is 4. The molecule has 305 valence electrons. The Balaban J connectivity index is 0.000000220. The zero-order valence-corrected chi connectivity index (χ0v) is 39.4. The molecule has 4 heterocycles. The number of aromatic nitrogens is 4. The second-order valence-electron chi connectivity index (χ2n) is 18.0. The van der Waals surface area contributed by atoms with Crippen LogP contribution in [0, 0.1) is 25.1 Å². The molecular formula is C53H52IrN4OSi-2. The Morgan fingerprint density at radius 2 is 1.53 bits per heavy atom. The van der Waals surface area contributed by atoms with E-state index in [9.17, 15) is 0 Å². The van der Waals surface area contributed by atoms with Gasteiger partial charge >= 0.3 is 0 Å². The third-order valence-corrected chi connectivity index (χ3v) is 12.9. The van der Waals surface area contributed by atoms with Gasteiger partial charge < -0.3 is 19.0 Å². The van der Waals surface area contributed by atoms with E-state index in [1.165, 1.54) is 27.4 Å². The molecule has 7 heteroatoms. The normalized spacial score (nSPS) is 11.8. The standard InChI is InChI=1S/C35H28N3O.C18H24NSi.Ir/c1-22-14-16-25-26-20-36-21-27(33(26)39-32(25)18-22)34-37-29-12-8-9-13-31(29)38(34)30-17-15-24(19-28(30)35(2,3)4)23-10-6-5-7-11-23;1-14(2)11-16-12-17(15-9-7-6-8-10-15)19-13-18(16)20(3,4)5;/h5-20H,1-4H3;6-9,12-14H,11H2,1-5H3;/q2*-1;. The van der Waals surface area contributed by atoms with Gasteiger partial charge in [-0.15, -0.1) is 35.9 Å². The monoisotopic (exact) mass is 981 g/mol. The minimum absolute atomic E-state index is 0. The third-order valence-electron chi connectivity index (χ3n) is 10.8. The molecule has 0 aliphatic rings. The van der Waals surface area contributed by atoms with Gasteiger partial charge in [-0.25, -0.2) is 0 Å². The number of pyridine rings is 2. The number of hydrogen-bond donors (Lipinski definition) is 0. The van der Waals surface area contributed by atoms with E-state index in [0.717, 1.165) is 73.3 Å². The summed E-state index contributed by atoms with van der Waals surface area (Å²) in [4.78, 5) is 14.3. The Hall–Kier alpha value is -5.46. The van der Waals surface area contributed by atoms with Crippen LogP contribution in [-0.4, -0.2) is 27.6 Å². The van der Waals surface area contributed by atoms with Crippen molar-refractivity contribution in [1.82, 2.24) is 19.5 Å². The summed E-state index contributed by atoms with van der Waals surface area (Å²) in [7, 11) is -1.34. The van der Waals surface area contributed by atoms with Crippen LogP contribution in [0.3, 0.4) is 0 Å². The van der Waals surface area contributed by atoms with Crippen LogP contribution >= 0.6 is 0 Å². The first-order valence-electron chi connectivity index (χ1n) is 20.6. The van der Waals surface area contributed by atoms with Crippen molar-refractivity contribution in [3.05, 3.63) is 163 Å². The summed E-state index contributed by atoms with van der Waals surface area (Å²) in [6, 6.07) is 45.4. The summed E-state index contributed by atoms with van der Waals surface area (Å²) in [6.45, 7) is 20.6. The Bertz CT molecular complexity index is 2920. The fourth-order valence-corrected chi connectivity index (χ4v) is 9.55. The molecule has 0 aliphatic heterocycles. The summed E-state index contributed by atoms with van der Waals surface area (Å²) < 4.78 is 8.70. The van der Waals surface area contributed by atoms with Crippen LogP contribution in [0.2, 0.25) is 19.6 Å². The van der Waals surface area contributed by atoms with Gasteiger partial charge in [0.25, 0.3) is 0 Å². The molecule has 0 saturated carbocycles. The topological polar surface area (TPSA) is 56.7 Å². The number of rotatable bonds is 7. The van der Waals surface area contributed by atoms with Gasteiger partial charge in [0.1, 0.15) is 5.58 Å². The number of imidazole rings is 1. The van der Waals surface area contributed by atoms with E-state index >= 15 is 0 Å². The van der Waals surface area contributed by atoms with Crippen molar-refractivity contribution in [1.29, 1.82) is 0 Å². The van der Waals surface area contributed by atoms with Crippen molar-refractivity contribution in [3.63, 3.8) is 0 Å². The zero-order valence-electron chi connectivity index (χ0n) is 36.0. The molecule has 5 aromatic carbocycles. The second-order valence-corrected chi connectivity index (χ2v) is 23.1. The number of hydrogen-bond acceptors (Lipinski definition) is 4. The van der Waals surface area contributed by atoms with Gasteiger partial charge in [0, 0.05) is 37.4 Å². The first-order valence-corrected chi connectivity index (χ1v) is 24.1. The van der Waals surface area contributed by atoms with Crippen molar-refractivity contribution >= 4 is 46.2 Å². The molecule has 0 aliphatic carbocycles. The second kappa shape index (κ2) is 17.3. The molecule has 0 amide bonds. The first-order chi connectivity index (χ1) is 28.3. The van der Waals surface area contributed by atoms with Crippen LogP contribution < -0.4 is 5.19 Å². The molecule has 0 fully saturated rings. The van der Waals surface area contributed by atoms with Gasteiger partial charge in [0.2, 0.25) is 0 Å². The van der Waals surface area contributed by atoms with Crippen LogP contribution in [0.5, 0.6) is 0 Å². The minimum Gasteiger partial charge on any atom is -0.500 e. The molecule has 0 spiro atoms. The average Bonchev–Trinajstić information content (AvgIpc) is 3.79. The summed E-state index contributed by atoms with van der Waals surface area (Å²) in [5, 5.41) is 3.50. The molecule has 0 bridgehead atoms. The van der Waals surface area contributed by atoms with Crippen LogP contribution in [0.4, 0.5) is 0 Å². The SMILES string of the molecule is CC(C)Cc1cc(-c2[c-]cccc2)ncc1[Si](C)(C)C.Cc1ccc2c(c1)oc1c(-c3nc4ccccc4n3-c3ccc(-c4ccccc4)cc3C(C)(C)C)[c-]ncc12.[Ir]. The number of para-hydroxylation sites is 2. The third kappa shape index (κ3) is 8.71. The van der Waals surface area contributed by atoms with Crippen LogP contribution in [0.1, 0.15) is 51.3 Å². The maximum absolute atomic E-state index is 6.46. The van der Waals surface area contributed by atoms with Gasteiger partial charge in [0.15, 0.2) is 0 Å². The molecule has 1 radical (unpaired) electrons. The number of fused-ring (bicyclic) bond motifs is 4. The van der Waals surface area contributed by atoms with Gasteiger partial charge in [-0.3, -0.25) is 4.98 Å². The van der Waals surface area contributed by atoms with Gasteiger partial charge in [-0.05, 0) is 111 Å². The smallest absolute Gasteiger partial charge is 0.121 e. The van der Waals surface area contributed by atoms with E-state index in [2.05, 4.69) is 191 Å². The summed E-state index contributed by atoms with van der Waals surface area (Å²) in [5.41, 5.74) is 13.6. The average molecular weight is 981 g/mol. The summed E-state index contributed by atoms with van der Waals surface area (Å²) in [6.07, 6.45) is 8.32. The van der Waals surface area contributed by atoms with Crippen molar-refractivity contribution in [2.45, 2.75) is 73.0 Å². The largest absolute Gasteiger partial charge is 0.500 e. The summed E-state index contributed by atoms with van der Waals surface area (Å²) in [5.74, 6) is 1.43. The van der Waals surface area contributed by atoms with E-state index in [1.54, 1.807) is 0 Å². The van der Waals surface area contributed by atoms with Gasteiger partial charge in [-0.1, -0.05) is 127 Å².